The molecule has 0 amide bonds. The predicted molar refractivity (Wildman–Crippen MR) is 69.4 cm³/mol. The number of pyridine rings is 1. The summed E-state index contributed by atoms with van der Waals surface area (Å²) in [6.45, 7) is 0. The number of rotatable bonds is 1. The van der Waals surface area contributed by atoms with Gasteiger partial charge in [0.15, 0.2) is 0 Å². The lowest BCUT2D eigenvalue weighted by Crippen LogP contribution is -1.95. The van der Waals surface area contributed by atoms with Crippen molar-refractivity contribution in [3.8, 4) is 5.69 Å². The molecule has 4 nitrogen and oxygen atoms in total. The van der Waals surface area contributed by atoms with E-state index in [1.165, 1.54) is 3.57 Å². The van der Waals surface area contributed by atoms with E-state index in [1.807, 2.05) is 30.6 Å². The standard InChI is InChI=1S/C11H7IN4/c12-10-3-4-13-11-7-8(1-2-9(10)11)16-6-5-14-15-16/h1-7H. The molecule has 0 unspecified atom stereocenters. The number of hydrogen-bond donors (Lipinski definition) is 0. The fourth-order valence-corrected chi connectivity index (χ4v) is 2.21. The molecule has 2 heterocycles. The molecule has 0 atom stereocenters. The van der Waals surface area contributed by atoms with Crippen molar-refractivity contribution in [3.05, 3.63) is 46.4 Å². The predicted octanol–water partition coefficient (Wildman–Crippen LogP) is 2.42. The van der Waals surface area contributed by atoms with Gasteiger partial charge in [0.2, 0.25) is 0 Å². The van der Waals surface area contributed by atoms with Crippen molar-refractivity contribution in [2.24, 2.45) is 0 Å². The molecule has 1 aromatic carbocycles. The van der Waals surface area contributed by atoms with Crippen LogP contribution in [0.25, 0.3) is 16.6 Å². The molecule has 0 radical (unpaired) electrons. The first kappa shape index (κ1) is 9.71. The Balaban J connectivity index is 2.24. The normalized spacial score (nSPS) is 10.8. The molecule has 0 fully saturated rings. The van der Waals surface area contributed by atoms with Crippen LogP contribution in [0.4, 0.5) is 0 Å². The topological polar surface area (TPSA) is 43.6 Å². The van der Waals surface area contributed by atoms with Gasteiger partial charge in [-0.05, 0) is 46.9 Å². The van der Waals surface area contributed by atoms with Gasteiger partial charge in [-0.3, -0.25) is 4.98 Å². The second kappa shape index (κ2) is 3.82. The number of benzene rings is 1. The van der Waals surface area contributed by atoms with Crippen LogP contribution in [0.2, 0.25) is 0 Å². The van der Waals surface area contributed by atoms with E-state index >= 15 is 0 Å². The van der Waals surface area contributed by atoms with Crippen LogP contribution in [0, 0.1) is 3.57 Å². The minimum atomic E-state index is 0.972. The SMILES string of the molecule is Ic1ccnc2cc(-n3ccnn3)ccc12. The summed E-state index contributed by atoms with van der Waals surface area (Å²) in [4.78, 5) is 4.35. The van der Waals surface area contributed by atoms with Crippen LogP contribution in [0.15, 0.2) is 42.9 Å². The summed E-state index contributed by atoms with van der Waals surface area (Å²) < 4.78 is 2.92. The van der Waals surface area contributed by atoms with E-state index in [0.717, 1.165) is 16.6 Å². The van der Waals surface area contributed by atoms with Crippen LogP contribution in [-0.2, 0) is 0 Å². The van der Waals surface area contributed by atoms with Gasteiger partial charge in [-0.2, -0.15) is 0 Å². The summed E-state index contributed by atoms with van der Waals surface area (Å²) in [7, 11) is 0. The first-order chi connectivity index (χ1) is 7.84. The number of hydrogen-bond acceptors (Lipinski definition) is 3. The lowest BCUT2D eigenvalue weighted by Gasteiger charge is -2.03. The van der Waals surface area contributed by atoms with Crippen molar-refractivity contribution in [2.75, 3.05) is 0 Å². The van der Waals surface area contributed by atoms with Crippen LogP contribution in [0.5, 0.6) is 0 Å². The molecule has 3 rings (SSSR count). The lowest BCUT2D eigenvalue weighted by atomic mass is 10.2. The van der Waals surface area contributed by atoms with Crippen LogP contribution >= 0.6 is 22.6 Å². The molecule has 3 aromatic rings. The zero-order valence-electron chi connectivity index (χ0n) is 8.21. The smallest absolute Gasteiger partial charge is 0.0734 e. The summed E-state index contributed by atoms with van der Waals surface area (Å²) in [5.74, 6) is 0. The third-order valence-electron chi connectivity index (χ3n) is 2.36. The summed E-state index contributed by atoms with van der Waals surface area (Å²) in [6, 6.07) is 8.08. The minimum absolute atomic E-state index is 0.972. The van der Waals surface area contributed by atoms with Gasteiger partial charge in [-0.25, -0.2) is 4.68 Å². The molecule has 0 spiro atoms. The van der Waals surface area contributed by atoms with Crippen molar-refractivity contribution >= 4 is 33.5 Å². The fraction of sp³-hybridized carbons (Fsp3) is 0. The van der Waals surface area contributed by atoms with E-state index in [0.29, 0.717) is 0 Å². The van der Waals surface area contributed by atoms with E-state index in [4.69, 9.17) is 0 Å². The number of aromatic nitrogens is 4. The maximum absolute atomic E-state index is 4.35. The zero-order chi connectivity index (χ0) is 11.0. The number of nitrogens with zero attached hydrogens (tertiary/aromatic N) is 4. The maximum Gasteiger partial charge on any atom is 0.0734 e. The van der Waals surface area contributed by atoms with Gasteiger partial charge in [0.25, 0.3) is 0 Å². The lowest BCUT2D eigenvalue weighted by molar-refractivity contribution is 0.804. The van der Waals surface area contributed by atoms with Crippen LogP contribution in [-0.4, -0.2) is 20.0 Å². The molecule has 0 aliphatic heterocycles. The Hall–Kier alpha value is -1.50. The highest BCUT2D eigenvalue weighted by atomic mass is 127. The first-order valence-electron chi connectivity index (χ1n) is 4.75. The van der Waals surface area contributed by atoms with E-state index in [2.05, 4.69) is 44.0 Å². The molecule has 0 saturated heterocycles. The number of halogens is 1. The van der Waals surface area contributed by atoms with Gasteiger partial charge in [0.05, 0.1) is 23.6 Å². The Bertz CT molecular complexity index is 634. The van der Waals surface area contributed by atoms with Crippen molar-refractivity contribution < 1.29 is 0 Å². The van der Waals surface area contributed by atoms with Crippen LogP contribution in [0.1, 0.15) is 0 Å². The average molecular weight is 322 g/mol. The molecule has 5 heteroatoms. The average Bonchev–Trinajstić information content (AvgIpc) is 2.82. The molecule has 0 saturated carbocycles. The van der Waals surface area contributed by atoms with Gasteiger partial charge >= 0.3 is 0 Å². The van der Waals surface area contributed by atoms with Gasteiger partial charge in [-0.15, -0.1) is 5.10 Å². The van der Waals surface area contributed by atoms with E-state index in [1.54, 1.807) is 10.9 Å². The molecule has 78 valence electrons. The van der Waals surface area contributed by atoms with Crippen molar-refractivity contribution in [3.63, 3.8) is 0 Å². The Labute approximate surface area is 105 Å². The third kappa shape index (κ3) is 1.57. The highest BCUT2D eigenvalue weighted by Crippen LogP contribution is 2.20. The molecule has 0 bridgehead atoms. The maximum atomic E-state index is 4.35. The Kier molecular flexibility index (Phi) is 2.32. The largest absolute Gasteiger partial charge is 0.256 e. The molecular weight excluding hydrogens is 315 g/mol. The quantitative estimate of drug-likeness (QED) is 0.646. The number of fused-ring (bicyclic) bond motifs is 1. The summed E-state index contributed by atoms with van der Waals surface area (Å²) >= 11 is 2.31. The molecule has 0 N–H and O–H groups in total. The fourth-order valence-electron chi connectivity index (χ4n) is 1.59. The molecular formula is C11H7IN4. The van der Waals surface area contributed by atoms with Gasteiger partial charge in [-0.1, -0.05) is 5.21 Å². The molecule has 0 aliphatic carbocycles. The third-order valence-corrected chi connectivity index (χ3v) is 3.30. The highest BCUT2D eigenvalue weighted by Gasteiger charge is 2.02. The van der Waals surface area contributed by atoms with Crippen LogP contribution in [0.3, 0.4) is 0 Å². The first-order valence-corrected chi connectivity index (χ1v) is 5.83. The van der Waals surface area contributed by atoms with Crippen molar-refractivity contribution in [1.82, 2.24) is 20.0 Å². The summed E-state index contributed by atoms with van der Waals surface area (Å²) in [5, 5.41) is 8.90. The Morgan fingerprint density at radius 2 is 2.06 bits per heavy atom. The molecule has 0 aliphatic rings. The van der Waals surface area contributed by atoms with Crippen LogP contribution < -0.4 is 0 Å². The minimum Gasteiger partial charge on any atom is -0.256 e. The molecule has 16 heavy (non-hydrogen) atoms. The second-order valence-corrected chi connectivity index (χ2v) is 4.50. The Morgan fingerprint density at radius 3 is 2.88 bits per heavy atom. The van der Waals surface area contributed by atoms with E-state index < -0.39 is 0 Å². The highest BCUT2D eigenvalue weighted by molar-refractivity contribution is 14.1. The van der Waals surface area contributed by atoms with Crippen molar-refractivity contribution in [2.45, 2.75) is 0 Å². The van der Waals surface area contributed by atoms with Gasteiger partial charge < -0.3 is 0 Å². The zero-order valence-corrected chi connectivity index (χ0v) is 10.4. The molecule has 2 aromatic heterocycles. The van der Waals surface area contributed by atoms with E-state index in [-0.39, 0.29) is 0 Å². The van der Waals surface area contributed by atoms with Crippen molar-refractivity contribution in [1.29, 1.82) is 0 Å². The monoisotopic (exact) mass is 322 g/mol. The van der Waals surface area contributed by atoms with Gasteiger partial charge in [0, 0.05) is 15.2 Å². The Morgan fingerprint density at radius 1 is 1.12 bits per heavy atom. The van der Waals surface area contributed by atoms with E-state index in [9.17, 15) is 0 Å². The summed E-state index contributed by atoms with van der Waals surface area (Å²) in [6.07, 6.45) is 5.29. The summed E-state index contributed by atoms with van der Waals surface area (Å²) in [5.41, 5.74) is 1.94. The second-order valence-electron chi connectivity index (χ2n) is 3.34. The van der Waals surface area contributed by atoms with Gasteiger partial charge in [0.1, 0.15) is 0 Å².